The molecular formula is C20H15Cl2N3O2S. The highest BCUT2D eigenvalue weighted by molar-refractivity contribution is 7.10. The molecule has 142 valence electrons. The summed E-state index contributed by atoms with van der Waals surface area (Å²) in [6, 6.07) is 9.23. The van der Waals surface area contributed by atoms with Gasteiger partial charge in [0.2, 0.25) is 0 Å². The number of allylic oxidation sites excluding steroid dienone is 2. The minimum atomic E-state index is -0.525. The van der Waals surface area contributed by atoms with Gasteiger partial charge in [0.25, 0.3) is 5.56 Å². The Hall–Kier alpha value is -2.28. The second-order valence-electron chi connectivity index (χ2n) is 7.03. The van der Waals surface area contributed by atoms with E-state index in [1.165, 1.54) is 4.88 Å². The van der Waals surface area contributed by atoms with Crippen LogP contribution in [0.2, 0.25) is 10.0 Å². The Kier molecular flexibility index (Phi) is 4.23. The number of nitrogens with one attached hydrogen (secondary N) is 3. The first-order valence-electron chi connectivity index (χ1n) is 8.85. The largest absolute Gasteiger partial charge is 0.343 e. The molecule has 2 atom stereocenters. The molecule has 2 aliphatic rings. The van der Waals surface area contributed by atoms with Gasteiger partial charge in [0.15, 0.2) is 5.78 Å². The minimum absolute atomic E-state index is 0.0365. The second-order valence-corrected chi connectivity index (χ2v) is 8.85. The number of hydrogen-bond acceptors (Lipinski definition) is 4. The van der Waals surface area contributed by atoms with Crippen LogP contribution in [0.25, 0.3) is 0 Å². The van der Waals surface area contributed by atoms with E-state index < -0.39 is 5.92 Å². The Balaban J connectivity index is 1.68. The van der Waals surface area contributed by atoms with Crippen LogP contribution in [-0.4, -0.2) is 16.0 Å². The van der Waals surface area contributed by atoms with E-state index in [4.69, 9.17) is 23.2 Å². The molecule has 1 aromatic carbocycles. The van der Waals surface area contributed by atoms with Gasteiger partial charge in [-0.2, -0.15) is 0 Å². The Morgan fingerprint density at radius 2 is 1.93 bits per heavy atom. The van der Waals surface area contributed by atoms with Crippen LogP contribution in [0.1, 0.15) is 40.7 Å². The molecule has 0 bridgehead atoms. The van der Waals surface area contributed by atoms with E-state index in [2.05, 4.69) is 21.6 Å². The van der Waals surface area contributed by atoms with Gasteiger partial charge < -0.3 is 5.32 Å². The summed E-state index contributed by atoms with van der Waals surface area (Å²) in [6.45, 7) is 0. The maximum atomic E-state index is 13.3. The summed E-state index contributed by atoms with van der Waals surface area (Å²) in [7, 11) is 0. The van der Waals surface area contributed by atoms with E-state index >= 15 is 0 Å². The third-order valence-electron chi connectivity index (χ3n) is 5.40. The Labute approximate surface area is 174 Å². The normalized spacial score (nSPS) is 21.3. The zero-order chi connectivity index (χ0) is 19.4. The molecule has 1 aliphatic carbocycles. The third kappa shape index (κ3) is 2.75. The van der Waals surface area contributed by atoms with Crippen LogP contribution in [0.4, 0.5) is 5.82 Å². The number of fused-ring (bicyclic) bond motifs is 1. The first-order valence-corrected chi connectivity index (χ1v) is 10.5. The van der Waals surface area contributed by atoms with Crippen LogP contribution < -0.4 is 10.9 Å². The summed E-state index contributed by atoms with van der Waals surface area (Å²) in [5.41, 5.74) is 2.38. The molecule has 0 amide bonds. The van der Waals surface area contributed by atoms with Gasteiger partial charge in [-0.1, -0.05) is 35.3 Å². The molecular weight excluding hydrogens is 417 g/mol. The van der Waals surface area contributed by atoms with E-state index in [-0.39, 0.29) is 17.3 Å². The number of halogens is 2. The maximum Gasteiger partial charge on any atom is 0.270 e. The minimum Gasteiger partial charge on any atom is -0.343 e. The van der Waals surface area contributed by atoms with E-state index in [1.54, 1.807) is 29.5 Å². The van der Waals surface area contributed by atoms with Crippen molar-refractivity contribution in [2.45, 2.75) is 24.7 Å². The number of aromatic nitrogens is 2. The first kappa shape index (κ1) is 17.8. The van der Waals surface area contributed by atoms with E-state index in [0.717, 1.165) is 5.70 Å². The molecule has 3 aromatic rings. The standard InChI is InChI=1S/C20H15Cl2N3O2S/c21-10-3-4-11(12(22)8-10)16-17-13(23-19-18(16)20(27)25-24-19)6-9(7-14(17)26)15-2-1-5-28-15/h1-5,8-9,16H,6-7H2,(H3,23,24,25,27)/t9-,16-/m0/s1. The quantitative estimate of drug-likeness (QED) is 0.532. The number of thiophene rings is 1. The summed E-state index contributed by atoms with van der Waals surface area (Å²) in [5, 5.41) is 11.8. The summed E-state index contributed by atoms with van der Waals surface area (Å²) in [5.74, 6) is 0.226. The predicted octanol–water partition coefficient (Wildman–Crippen LogP) is 5.03. The highest BCUT2D eigenvalue weighted by Gasteiger charge is 2.41. The lowest BCUT2D eigenvalue weighted by atomic mass is 9.74. The third-order valence-corrected chi connectivity index (χ3v) is 6.99. The number of ketones is 1. The van der Waals surface area contributed by atoms with Crippen LogP contribution >= 0.6 is 34.5 Å². The molecule has 0 unspecified atom stereocenters. The average Bonchev–Trinajstić information content (AvgIpc) is 3.31. The average molecular weight is 432 g/mol. The molecule has 3 heterocycles. The zero-order valence-corrected chi connectivity index (χ0v) is 16.8. The number of anilines is 1. The Morgan fingerprint density at radius 1 is 1.07 bits per heavy atom. The zero-order valence-electron chi connectivity index (χ0n) is 14.5. The molecule has 5 nitrogen and oxygen atoms in total. The fourth-order valence-corrected chi connectivity index (χ4v) is 5.54. The highest BCUT2D eigenvalue weighted by atomic mass is 35.5. The van der Waals surface area contributed by atoms with E-state index in [1.807, 2.05) is 11.4 Å². The second kappa shape index (κ2) is 6.65. The predicted molar refractivity (Wildman–Crippen MR) is 112 cm³/mol. The van der Waals surface area contributed by atoms with Gasteiger partial charge in [-0.15, -0.1) is 11.3 Å². The molecule has 3 N–H and O–H groups in total. The number of hydrogen-bond donors (Lipinski definition) is 3. The van der Waals surface area contributed by atoms with Crippen molar-refractivity contribution in [1.29, 1.82) is 0 Å². The van der Waals surface area contributed by atoms with E-state index in [9.17, 15) is 9.59 Å². The molecule has 28 heavy (non-hydrogen) atoms. The molecule has 0 saturated heterocycles. The van der Waals surface area contributed by atoms with Gasteiger partial charge in [0.1, 0.15) is 5.82 Å². The lowest BCUT2D eigenvalue weighted by Crippen LogP contribution is -2.31. The lowest BCUT2D eigenvalue weighted by molar-refractivity contribution is -0.116. The number of H-pyrrole nitrogens is 2. The number of Topliss-reactive ketones (excluding diaryl/α,β-unsaturated/α-hetero) is 1. The van der Waals surface area contributed by atoms with E-state index in [0.29, 0.717) is 45.4 Å². The SMILES string of the molecule is O=C1C[C@@H](c2cccs2)CC2=C1[C@H](c1ccc(Cl)cc1Cl)c1c([nH][nH]c1=O)N2. The van der Waals surface area contributed by atoms with Gasteiger partial charge in [0, 0.05) is 44.4 Å². The van der Waals surface area contributed by atoms with Gasteiger partial charge in [-0.3, -0.25) is 19.8 Å². The number of carbonyl (C=O) groups excluding carboxylic acids is 1. The van der Waals surface area contributed by atoms with Crippen LogP contribution in [-0.2, 0) is 4.79 Å². The fourth-order valence-electron chi connectivity index (χ4n) is 4.19. The van der Waals surface area contributed by atoms with Gasteiger partial charge >= 0.3 is 0 Å². The van der Waals surface area contributed by atoms with Gasteiger partial charge in [0.05, 0.1) is 5.56 Å². The number of benzene rings is 1. The van der Waals surface area contributed by atoms with Crippen molar-refractivity contribution in [2.24, 2.45) is 0 Å². The summed E-state index contributed by atoms with van der Waals surface area (Å²) < 4.78 is 0. The summed E-state index contributed by atoms with van der Waals surface area (Å²) >= 11 is 14.2. The van der Waals surface area contributed by atoms with Crippen molar-refractivity contribution in [2.75, 3.05) is 5.32 Å². The maximum absolute atomic E-state index is 13.3. The Bertz CT molecular complexity index is 1180. The fraction of sp³-hybridized carbons (Fsp3) is 0.200. The van der Waals surface area contributed by atoms with Crippen molar-refractivity contribution in [3.8, 4) is 0 Å². The van der Waals surface area contributed by atoms with Crippen molar-refractivity contribution in [3.63, 3.8) is 0 Å². The van der Waals surface area contributed by atoms with Crippen molar-refractivity contribution < 1.29 is 4.79 Å². The van der Waals surface area contributed by atoms with Crippen LogP contribution in [0.3, 0.4) is 0 Å². The number of rotatable bonds is 2. The highest BCUT2D eigenvalue weighted by Crippen LogP contribution is 2.48. The van der Waals surface area contributed by atoms with Crippen LogP contribution in [0.15, 0.2) is 51.8 Å². The summed E-state index contributed by atoms with van der Waals surface area (Å²) in [4.78, 5) is 27.0. The molecule has 1 aliphatic heterocycles. The lowest BCUT2D eigenvalue weighted by Gasteiger charge is -2.34. The van der Waals surface area contributed by atoms with Gasteiger partial charge in [-0.05, 0) is 35.6 Å². The Morgan fingerprint density at radius 3 is 2.68 bits per heavy atom. The smallest absolute Gasteiger partial charge is 0.270 e. The van der Waals surface area contributed by atoms with Gasteiger partial charge in [-0.25, -0.2) is 0 Å². The van der Waals surface area contributed by atoms with Crippen molar-refractivity contribution >= 4 is 46.1 Å². The van der Waals surface area contributed by atoms with Crippen LogP contribution in [0.5, 0.6) is 0 Å². The van der Waals surface area contributed by atoms with Crippen LogP contribution in [0, 0.1) is 0 Å². The topological polar surface area (TPSA) is 77.8 Å². The molecule has 5 rings (SSSR count). The van der Waals surface area contributed by atoms with Crippen molar-refractivity contribution in [3.05, 3.63) is 83.4 Å². The first-order chi connectivity index (χ1) is 13.5. The molecule has 2 aromatic heterocycles. The monoisotopic (exact) mass is 431 g/mol. The van der Waals surface area contributed by atoms with Crippen molar-refractivity contribution in [1.82, 2.24) is 10.2 Å². The molecule has 0 radical (unpaired) electrons. The molecule has 8 heteroatoms. The number of carbonyl (C=O) groups is 1. The molecule has 0 saturated carbocycles. The molecule has 0 fully saturated rings. The number of aromatic amines is 2. The summed E-state index contributed by atoms with van der Waals surface area (Å²) in [6.07, 6.45) is 1.12. The molecule has 0 spiro atoms.